The Morgan fingerprint density at radius 2 is 1.79 bits per heavy atom. The van der Waals surface area contributed by atoms with Crippen LogP contribution in [0.5, 0.6) is 0 Å². The molecule has 0 amide bonds. The fourth-order valence-corrected chi connectivity index (χ4v) is 3.05. The zero-order chi connectivity index (χ0) is 13.7. The summed E-state index contributed by atoms with van der Waals surface area (Å²) >= 11 is 2.01. The second-order valence-electron chi connectivity index (χ2n) is 4.79. The zero-order valence-corrected chi connectivity index (χ0v) is 12.9. The van der Waals surface area contributed by atoms with Gasteiger partial charge < -0.3 is 4.90 Å². The molecule has 1 aromatic heterocycles. The van der Waals surface area contributed by atoms with Gasteiger partial charge in [0.25, 0.3) is 5.56 Å². The molecule has 3 nitrogen and oxygen atoms in total. The second kappa shape index (κ2) is 4.23. The molecule has 0 atom stereocenters. The fourth-order valence-electron chi connectivity index (χ4n) is 2.53. The molecule has 1 heterocycles. The molecule has 0 aliphatic rings. The van der Waals surface area contributed by atoms with Crippen molar-refractivity contribution >= 4 is 56.7 Å². The van der Waals surface area contributed by atoms with E-state index in [4.69, 9.17) is 0 Å². The number of aromatic nitrogens is 1. The van der Waals surface area contributed by atoms with E-state index in [1.807, 2.05) is 61.2 Å². The van der Waals surface area contributed by atoms with Crippen molar-refractivity contribution in [1.82, 2.24) is 2.78 Å². The first-order chi connectivity index (χ1) is 9.02. The van der Waals surface area contributed by atoms with Crippen LogP contribution in [0.1, 0.15) is 0 Å². The molecule has 3 aromatic rings. The maximum absolute atomic E-state index is 12.3. The van der Waals surface area contributed by atoms with Gasteiger partial charge in [0.1, 0.15) is 0 Å². The molecule has 0 saturated carbocycles. The van der Waals surface area contributed by atoms with Gasteiger partial charge in [0.15, 0.2) is 0 Å². The molecule has 4 heteroatoms. The monoisotopic (exact) mass is 364 g/mol. The van der Waals surface area contributed by atoms with Gasteiger partial charge in [0.05, 0.1) is 28.2 Å². The van der Waals surface area contributed by atoms with Gasteiger partial charge >= 0.3 is 0 Å². The fraction of sp³-hybridized carbons (Fsp3) is 0.133. The Labute approximate surface area is 124 Å². The minimum atomic E-state index is -0.000365. The van der Waals surface area contributed by atoms with E-state index in [0.717, 1.165) is 32.6 Å². The topological polar surface area (TPSA) is 25.2 Å². The lowest BCUT2D eigenvalue weighted by Gasteiger charge is -2.17. The number of halogens is 1. The van der Waals surface area contributed by atoms with Crippen LogP contribution in [0.25, 0.3) is 28.1 Å². The summed E-state index contributed by atoms with van der Waals surface area (Å²) in [5.41, 5.74) is 1.11. The van der Waals surface area contributed by atoms with Crippen molar-refractivity contribution in [1.29, 1.82) is 0 Å². The Morgan fingerprint density at radius 1 is 1.11 bits per heavy atom. The maximum Gasteiger partial charge on any atom is 0.267 e. The third-order valence-corrected chi connectivity index (χ3v) is 4.48. The maximum atomic E-state index is 12.3. The van der Waals surface area contributed by atoms with E-state index in [1.54, 1.807) is 2.78 Å². The molecule has 0 saturated heterocycles. The summed E-state index contributed by atoms with van der Waals surface area (Å²) in [6.07, 6.45) is 0. The highest BCUT2D eigenvalue weighted by Crippen LogP contribution is 2.30. The van der Waals surface area contributed by atoms with Crippen LogP contribution < -0.4 is 15.8 Å². The van der Waals surface area contributed by atoms with E-state index < -0.39 is 0 Å². The van der Waals surface area contributed by atoms with Crippen LogP contribution >= 0.6 is 22.9 Å². The Morgan fingerprint density at radius 3 is 2.47 bits per heavy atom. The molecular weight excluding hydrogens is 351 g/mol. The summed E-state index contributed by atoms with van der Waals surface area (Å²) in [5.74, 6) is 0. The van der Waals surface area contributed by atoms with Gasteiger partial charge in [-0.2, -0.15) is 0 Å². The largest absolute Gasteiger partial charge is 0.377 e. The number of hydrogen-bond donors (Lipinski definition) is 0. The van der Waals surface area contributed by atoms with Crippen LogP contribution in [0.3, 0.4) is 0 Å². The molecule has 0 aliphatic carbocycles. The molecule has 96 valence electrons. The van der Waals surface area contributed by atoms with E-state index in [-0.39, 0.29) is 5.56 Å². The van der Waals surface area contributed by atoms with E-state index in [2.05, 4.69) is 17.5 Å². The normalized spacial score (nSPS) is 11.3. The summed E-state index contributed by atoms with van der Waals surface area (Å²) in [4.78, 5) is 14.4. The van der Waals surface area contributed by atoms with Gasteiger partial charge in [-0.1, -0.05) is 24.8 Å². The summed E-state index contributed by atoms with van der Waals surface area (Å²) < 4.78 is 1.59. The van der Waals surface area contributed by atoms with Gasteiger partial charge in [0.2, 0.25) is 0 Å². The highest BCUT2D eigenvalue weighted by molar-refractivity contribution is 14.1. The van der Waals surface area contributed by atoms with Crippen molar-refractivity contribution in [3.05, 3.63) is 46.0 Å². The van der Waals surface area contributed by atoms with Crippen LogP contribution in [-0.4, -0.2) is 16.9 Å². The van der Waals surface area contributed by atoms with Gasteiger partial charge in [-0.05, 0) is 12.1 Å². The molecule has 3 rings (SSSR count). The molecule has 0 aliphatic heterocycles. The average Bonchev–Trinajstić information content (AvgIpc) is 2.41. The van der Waals surface area contributed by atoms with E-state index in [0.29, 0.717) is 0 Å². The summed E-state index contributed by atoms with van der Waals surface area (Å²) in [5, 5.41) is 4.64. The first-order valence-corrected chi connectivity index (χ1v) is 6.91. The third-order valence-electron chi connectivity index (χ3n) is 3.46. The van der Waals surface area contributed by atoms with Crippen LogP contribution in [-0.2, 0) is 0 Å². The molecule has 0 N–H and O–H groups in total. The predicted octanol–water partition coefficient (Wildman–Crippen LogP) is 2.55. The quantitative estimate of drug-likeness (QED) is 0.621. The summed E-state index contributed by atoms with van der Waals surface area (Å²) in [6.45, 7) is 4.03. The molecule has 0 radical (unpaired) electrons. The van der Waals surface area contributed by atoms with Gasteiger partial charge in [-0.3, -0.25) is 4.79 Å². The standard InChI is InChI=1S/C15H13IN2O/c1-9-10-5-4-6-11-13(17(2)3)8-7-12(14(10)11)15(19)18(9)16/h4-8H,1H2,2-3H3. The average molecular weight is 364 g/mol. The smallest absolute Gasteiger partial charge is 0.267 e. The Hall–Kier alpha value is -1.56. The van der Waals surface area contributed by atoms with Gasteiger partial charge in [-0.25, -0.2) is 2.78 Å². The van der Waals surface area contributed by atoms with Gasteiger partial charge in [-0.15, -0.1) is 0 Å². The van der Waals surface area contributed by atoms with Crippen molar-refractivity contribution in [3.63, 3.8) is 0 Å². The van der Waals surface area contributed by atoms with Crippen molar-refractivity contribution in [2.75, 3.05) is 19.0 Å². The number of hydrogen-bond acceptors (Lipinski definition) is 2. The summed E-state index contributed by atoms with van der Waals surface area (Å²) in [6, 6.07) is 9.99. The number of benzene rings is 2. The third kappa shape index (κ3) is 1.66. The lowest BCUT2D eigenvalue weighted by molar-refractivity contribution is 1.14. The molecule has 2 aromatic carbocycles. The number of pyridine rings is 1. The van der Waals surface area contributed by atoms with Crippen LogP contribution in [0.4, 0.5) is 5.69 Å². The summed E-state index contributed by atoms with van der Waals surface area (Å²) in [7, 11) is 4.02. The number of nitrogens with zero attached hydrogens (tertiary/aromatic N) is 2. The molecule has 0 bridgehead atoms. The van der Waals surface area contributed by atoms with Crippen LogP contribution in [0, 0.1) is 0 Å². The SMILES string of the molecule is C=c1c2cccc3c(N(C)C)ccc(c(=O)n1I)c32. The molecule has 0 fully saturated rings. The van der Waals surface area contributed by atoms with E-state index >= 15 is 0 Å². The Balaban J connectivity index is 2.71. The number of anilines is 1. The predicted molar refractivity (Wildman–Crippen MR) is 90.2 cm³/mol. The van der Waals surface area contributed by atoms with Crippen molar-refractivity contribution in [3.8, 4) is 0 Å². The first-order valence-electron chi connectivity index (χ1n) is 5.95. The van der Waals surface area contributed by atoms with Crippen molar-refractivity contribution < 1.29 is 0 Å². The Kier molecular flexibility index (Phi) is 2.78. The zero-order valence-electron chi connectivity index (χ0n) is 10.8. The Bertz CT molecular complexity index is 863. The number of rotatable bonds is 1. The minimum Gasteiger partial charge on any atom is -0.377 e. The van der Waals surface area contributed by atoms with Crippen molar-refractivity contribution in [2.24, 2.45) is 0 Å². The highest BCUT2D eigenvalue weighted by Gasteiger charge is 2.12. The molecule has 19 heavy (non-hydrogen) atoms. The van der Waals surface area contributed by atoms with Crippen molar-refractivity contribution in [2.45, 2.75) is 0 Å². The molecule has 0 unspecified atom stereocenters. The highest BCUT2D eigenvalue weighted by atomic mass is 127. The van der Waals surface area contributed by atoms with Crippen LogP contribution in [0.2, 0.25) is 0 Å². The van der Waals surface area contributed by atoms with E-state index in [9.17, 15) is 4.79 Å². The minimum absolute atomic E-state index is 0.000365. The molecule has 0 spiro atoms. The lowest BCUT2D eigenvalue weighted by atomic mass is 10.0. The first kappa shape index (κ1) is 12.5. The van der Waals surface area contributed by atoms with Gasteiger partial charge in [0, 0.05) is 41.3 Å². The second-order valence-corrected chi connectivity index (χ2v) is 5.75. The molecular formula is C15H13IN2O. The van der Waals surface area contributed by atoms with Crippen LogP contribution in [0.15, 0.2) is 35.1 Å². The lowest BCUT2D eigenvalue weighted by Crippen LogP contribution is -2.26. The van der Waals surface area contributed by atoms with E-state index in [1.165, 1.54) is 0 Å².